The average molecular weight is 185 g/mol. The zero-order chi connectivity index (χ0) is 9.78. The lowest BCUT2D eigenvalue weighted by Crippen LogP contribution is -1.96. The molecule has 0 atom stereocenters. The van der Waals surface area contributed by atoms with Crippen LogP contribution in [-0.2, 0) is 9.53 Å². The Morgan fingerprint density at radius 2 is 1.92 bits per heavy atom. The van der Waals surface area contributed by atoms with Crippen molar-refractivity contribution >= 4 is 6.08 Å². The summed E-state index contributed by atoms with van der Waals surface area (Å²) in [6.45, 7) is 4.48. The fraction of sp³-hybridized carbons (Fsp3) is 0.900. The molecule has 0 aromatic rings. The molecular formula is C10H19NO2. The largest absolute Gasteiger partial charge is 0.381 e. The number of carbonyl (C=O) groups excluding carboxylic acids is 1. The van der Waals surface area contributed by atoms with Gasteiger partial charge in [0.25, 0.3) is 0 Å². The highest BCUT2D eigenvalue weighted by Crippen LogP contribution is 1.97. The number of aliphatic imine (C=N–C) groups is 1. The van der Waals surface area contributed by atoms with Crippen molar-refractivity contribution in [2.45, 2.75) is 39.0 Å². The van der Waals surface area contributed by atoms with Gasteiger partial charge in [0.15, 0.2) is 0 Å². The molecule has 0 fully saturated rings. The van der Waals surface area contributed by atoms with Gasteiger partial charge in [-0.05, 0) is 25.7 Å². The van der Waals surface area contributed by atoms with Crippen LogP contribution in [0.5, 0.6) is 0 Å². The number of unbranched alkanes of at least 4 members (excludes halogenated alkanes) is 3. The second kappa shape index (κ2) is 11.3. The molecule has 0 aromatic heterocycles. The van der Waals surface area contributed by atoms with E-state index >= 15 is 0 Å². The molecule has 0 spiro atoms. The lowest BCUT2D eigenvalue weighted by Gasteiger charge is -2.01. The molecule has 0 aliphatic heterocycles. The third-order valence-electron chi connectivity index (χ3n) is 1.77. The normalized spacial score (nSPS) is 9.62. The van der Waals surface area contributed by atoms with Gasteiger partial charge in [0, 0.05) is 13.2 Å². The first kappa shape index (κ1) is 12.3. The summed E-state index contributed by atoms with van der Waals surface area (Å²) < 4.78 is 5.37. The smallest absolute Gasteiger partial charge is 0.234 e. The monoisotopic (exact) mass is 185 g/mol. The predicted molar refractivity (Wildman–Crippen MR) is 52.6 cm³/mol. The van der Waals surface area contributed by atoms with Gasteiger partial charge < -0.3 is 4.74 Å². The second-order valence-electron chi connectivity index (χ2n) is 3.00. The molecule has 0 aliphatic rings. The number of isocyanates is 1. The Morgan fingerprint density at radius 3 is 2.62 bits per heavy atom. The number of ether oxygens (including phenoxy) is 1. The van der Waals surface area contributed by atoms with Crippen molar-refractivity contribution in [3.8, 4) is 0 Å². The van der Waals surface area contributed by atoms with Crippen molar-refractivity contribution in [2.75, 3.05) is 19.8 Å². The Labute approximate surface area is 80.2 Å². The topological polar surface area (TPSA) is 38.7 Å². The van der Waals surface area contributed by atoms with Gasteiger partial charge in [-0.15, -0.1) is 0 Å². The molecule has 0 amide bonds. The van der Waals surface area contributed by atoms with Crippen molar-refractivity contribution in [1.29, 1.82) is 0 Å². The van der Waals surface area contributed by atoms with Crippen LogP contribution in [0.2, 0.25) is 0 Å². The van der Waals surface area contributed by atoms with E-state index < -0.39 is 0 Å². The van der Waals surface area contributed by atoms with E-state index in [9.17, 15) is 4.79 Å². The maximum atomic E-state index is 9.70. The Morgan fingerprint density at radius 1 is 1.15 bits per heavy atom. The molecule has 13 heavy (non-hydrogen) atoms. The molecule has 0 aliphatic carbocycles. The van der Waals surface area contributed by atoms with E-state index in [0.29, 0.717) is 6.54 Å². The molecule has 3 nitrogen and oxygen atoms in total. The van der Waals surface area contributed by atoms with Gasteiger partial charge in [-0.1, -0.05) is 13.3 Å². The van der Waals surface area contributed by atoms with Crippen LogP contribution in [0.3, 0.4) is 0 Å². The lowest BCUT2D eigenvalue weighted by molar-refractivity contribution is 0.127. The van der Waals surface area contributed by atoms with E-state index in [2.05, 4.69) is 11.9 Å². The van der Waals surface area contributed by atoms with Crippen LogP contribution in [0.25, 0.3) is 0 Å². The number of hydrogen-bond donors (Lipinski definition) is 0. The van der Waals surface area contributed by atoms with Crippen molar-refractivity contribution in [2.24, 2.45) is 4.99 Å². The van der Waals surface area contributed by atoms with Gasteiger partial charge >= 0.3 is 0 Å². The molecule has 0 rings (SSSR count). The quantitative estimate of drug-likeness (QED) is 0.314. The molecular weight excluding hydrogens is 166 g/mol. The Balaban J connectivity index is 2.87. The number of hydrogen-bond acceptors (Lipinski definition) is 3. The van der Waals surface area contributed by atoms with Gasteiger partial charge in [0.05, 0.1) is 6.54 Å². The van der Waals surface area contributed by atoms with Crippen LogP contribution < -0.4 is 0 Å². The summed E-state index contributed by atoms with van der Waals surface area (Å²) in [6.07, 6.45) is 6.98. The minimum Gasteiger partial charge on any atom is -0.381 e. The Hall–Kier alpha value is -0.660. The fourth-order valence-corrected chi connectivity index (χ4v) is 0.966. The molecule has 0 N–H and O–H groups in total. The molecule has 0 saturated carbocycles. The van der Waals surface area contributed by atoms with Crippen LogP contribution in [0.1, 0.15) is 39.0 Å². The zero-order valence-electron chi connectivity index (χ0n) is 8.42. The van der Waals surface area contributed by atoms with Crippen LogP contribution in [-0.4, -0.2) is 25.8 Å². The van der Waals surface area contributed by atoms with Crippen molar-refractivity contribution < 1.29 is 9.53 Å². The van der Waals surface area contributed by atoms with Gasteiger partial charge in [0.1, 0.15) is 0 Å². The third kappa shape index (κ3) is 11.3. The Bertz CT molecular complexity index is 142. The summed E-state index contributed by atoms with van der Waals surface area (Å²) in [4.78, 5) is 13.2. The highest BCUT2D eigenvalue weighted by Gasteiger charge is 1.89. The fourth-order valence-electron chi connectivity index (χ4n) is 0.966. The van der Waals surface area contributed by atoms with Gasteiger partial charge in [-0.3, -0.25) is 0 Å². The molecule has 0 radical (unpaired) electrons. The van der Waals surface area contributed by atoms with Crippen LogP contribution in [0, 0.1) is 0 Å². The lowest BCUT2D eigenvalue weighted by atomic mass is 10.2. The highest BCUT2D eigenvalue weighted by atomic mass is 16.5. The van der Waals surface area contributed by atoms with Crippen molar-refractivity contribution in [3.05, 3.63) is 0 Å². The molecule has 0 heterocycles. The molecule has 0 bridgehead atoms. The summed E-state index contributed by atoms with van der Waals surface area (Å²) in [5.41, 5.74) is 0. The van der Waals surface area contributed by atoms with Crippen LogP contribution in [0.4, 0.5) is 0 Å². The second-order valence-corrected chi connectivity index (χ2v) is 3.00. The van der Waals surface area contributed by atoms with Gasteiger partial charge in [-0.25, -0.2) is 9.79 Å². The molecule has 0 aromatic carbocycles. The number of nitrogens with zero attached hydrogens (tertiary/aromatic N) is 1. The third-order valence-corrected chi connectivity index (χ3v) is 1.77. The molecule has 0 unspecified atom stereocenters. The number of rotatable bonds is 9. The standard InChI is InChI=1S/C10H19NO2/c1-2-3-8-13-9-6-4-5-7-11-10-12/h2-9H2,1H3. The molecule has 3 heteroatoms. The minimum absolute atomic E-state index is 0.610. The van der Waals surface area contributed by atoms with E-state index in [4.69, 9.17) is 4.74 Å². The van der Waals surface area contributed by atoms with E-state index in [-0.39, 0.29) is 0 Å². The summed E-state index contributed by atoms with van der Waals surface area (Å²) in [5.74, 6) is 0. The van der Waals surface area contributed by atoms with Gasteiger partial charge in [-0.2, -0.15) is 0 Å². The SMILES string of the molecule is CCCCOCCCCCN=C=O. The Kier molecular flexibility index (Phi) is 10.8. The zero-order valence-corrected chi connectivity index (χ0v) is 8.42. The summed E-state index contributed by atoms with van der Waals surface area (Å²) in [6, 6.07) is 0. The predicted octanol–water partition coefficient (Wildman–Crippen LogP) is 2.31. The van der Waals surface area contributed by atoms with E-state index in [1.54, 1.807) is 0 Å². The minimum atomic E-state index is 0.610. The van der Waals surface area contributed by atoms with E-state index in [1.165, 1.54) is 12.5 Å². The first-order valence-corrected chi connectivity index (χ1v) is 5.03. The van der Waals surface area contributed by atoms with Crippen molar-refractivity contribution in [1.82, 2.24) is 0 Å². The molecule has 76 valence electrons. The van der Waals surface area contributed by atoms with Crippen molar-refractivity contribution in [3.63, 3.8) is 0 Å². The average Bonchev–Trinajstić information content (AvgIpc) is 2.16. The summed E-state index contributed by atoms with van der Waals surface area (Å²) in [7, 11) is 0. The van der Waals surface area contributed by atoms with Gasteiger partial charge in [0.2, 0.25) is 6.08 Å². The van der Waals surface area contributed by atoms with E-state index in [0.717, 1.165) is 38.9 Å². The highest BCUT2D eigenvalue weighted by molar-refractivity contribution is 5.32. The van der Waals surface area contributed by atoms with Crippen LogP contribution >= 0.6 is 0 Å². The van der Waals surface area contributed by atoms with E-state index in [1.807, 2.05) is 0 Å². The maximum Gasteiger partial charge on any atom is 0.234 e. The first-order valence-electron chi connectivity index (χ1n) is 5.03. The molecule has 0 saturated heterocycles. The summed E-state index contributed by atoms with van der Waals surface area (Å²) in [5, 5.41) is 0. The van der Waals surface area contributed by atoms with Crippen LogP contribution in [0.15, 0.2) is 4.99 Å². The maximum absolute atomic E-state index is 9.70. The first-order chi connectivity index (χ1) is 6.41. The summed E-state index contributed by atoms with van der Waals surface area (Å²) >= 11 is 0.